The summed E-state index contributed by atoms with van der Waals surface area (Å²) in [5.74, 6) is -2.68. The number of carbonyl (C=O) groups excluding carboxylic acids is 2. The molecule has 0 aliphatic rings. The molecule has 0 aromatic rings. The summed E-state index contributed by atoms with van der Waals surface area (Å²) in [5.41, 5.74) is 0. The number of hydrogen-bond acceptors (Lipinski definition) is 6. The van der Waals surface area contributed by atoms with Crippen molar-refractivity contribution in [1.82, 2.24) is 0 Å². The molecule has 2 N–H and O–H groups in total. The third kappa shape index (κ3) is 25.6. The maximum absolute atomic E-state index is 10.2. The molecule has 0 radical (unpaired) electrons. The molecule has 0 atom stereocenters. The van der Waals surface area contributed by atoms with E-state index in [9.17, 15) is 14.4 Å². The Bertz CT molecular complexity index is 331. The highest BCUT2D eigenvalue weighted by atomic mass is 16.5. The van der Waals surface area contributed by atoms with Gasteiger partial charge in [0.2, 0.25) is 0 Å². The lowest BCUT2D eigenvalue weighted by atomic mass is 10.6. The Balaban J connectivity index is -0.000000209. The number of aliphatic hydroxyl groups is 1. The number of esters is 2. The van der Waals surface area contributed by atoms with E-state index in [1.165, 1.54) is 7.11 Å². The van der Waals surface area contributed by atoms with Crippen LogP contribution < -0.4 is 0 Å². The number of hydrogen-bond donors (Lipinski definition) is 2. The normalized spacial score (nSPS) is 7.26. The lowest BCUT2D eigenvalue weighted by Crippen LogP contribution is -2.05. The van der Waals surface area contributed by atoms with E-state index in [2.05, 4.69) is 29.2 Å². The monoisotopic (exact) mass is 274 g/mol. The fourth-order valence-corrected chi connectivity index (χ4v) is 0.298. The number of carboxylic acid groups (broad SMARTS) is 1. The molecule has 0 saturated heterocycles. The lowest BCUT2D eigenvalue weighted by Gasteiger charge is -1.95. The molecule has 19 heavy (non-hydrogen) atoms. The van der Waals surface area contributed by atoms with Crippen LogP contribution in [0.5, 0.6) is 0 Å². The standard InChI is InChI=1S/C5H8O3.C4H6O2.C3H4O2/c1-3-8-5(7)4(2)6;1-3-4(5)6-2;1-2-3(4)5/h6H,2-3H2,1H3;3H,1H2,2H3;2H,1H2,(H,4,5). The van der Waals surface area contributed by atoms with E-state index in [0.29, 0.717) is 0 Å². The molecule has 0 aliphatic carbocycles. The summed E-state index contributed by atoms with van der Waals surface area (Å²) in [5, 5.41) is 15.9. The Hall–Kier alpha value is -2.57. The summed E-state index contributed by atoms with van der Waals surface area (Å²) < 4.78 is 8.46. The molecule has 0 fully saturated rings. The smallest absolute Gasteiger partial charge is 0.372 e. The average molecular weight is 274 g/mol. The predicted molar refractivity (Wildman–Crippen MR) is 68.4 cm³/mol. The van der Waals surface area contributed by atoms with E-state index < -0.39 is 23.7 Å². The molecule has 7 heteroatoms. The summed E-state index contributed by atoms with van der Waals surface area (Å²) in [7, 11) is 1.31. The molecule has 0 heterocycles. The first-order valence-electron chi connectivity index (χ1n) is 4.87. The van der Waals surface area contributed by atoms with E-state index in [1.807, 2.05) is 0 Å². The zero-order valence-corrected chi connectivity index (χ0v) is 10.9. The van der Waals surface area contributed by atoms with Gasteiger partial charge in [-0.15, -0.1) is 0 Å². The number of methoxy groups -OCH3 is 1. The zero-order valence-electron chi connectivity index (χ0n) is 10.9. The number of aliphatic hydroxyl groups excluding tert-OH is 1. The van der Waals surface area contributed by atoms with E-state index in [1.54, 1.807) is 6.92 Å². The van der Waals surface area contributed by atoms with Gasteiger partial charge in [0.15, 0.2) is 5.76 Å². The minimum Gasteiger partial charge on any atom is -0.502 e. The molecule has 0 amide bonds. The van der Waals surface area contributed by atoms with Crippen molar-refractivity contribution in [3.05, 3.63) is 37.6 Å². The maximum Gasteiger partial charge on any atom is 0.372 e. The van der Waals surface area contributed by atoms with E-state index in [4.69, 9.17) is 10.2 Å². The first-order valence-corrected chi connectivity index (χ1v) is 4.87. The molecular formula is C12H18O7. The van der Waals surface area contributed by atoms with Crippen LogP contribution >= 0.6 is 0 Å². The van der Waals surface area contributed by atoms with Crippen LogP contribution in [0, 0.1) is 0 Å². The molecule has 0 spiro atoms. The van der Waals surface area contributed by atoms with Gasteiger partial charge in [-0.1, -0.05) is 13.2 Å². The van der Waals surface area contributed by atoms with Crippen molar-refractivity contribution in [1.29, 1.82) is 0 Å². The molecule has 0 aliphatic heterocycles. The molecule has 0 saturated carbocycles. The molecule has 108 valence electrons. The van der Waals surface area contributed by atoms with Crippen molar-refractivity contribution < 1.29 is 34.1 Å². The predicted octanol–water partition coefficient (Wildman–Crippen LogP) is 1.22. The summed E-state index contributed by atoms with van der Waals surface area (Å²) in [6.07, 6.45) is 1.94. The zero-order chi connectivity index (χ0) is 15.8. The molecular weight excluding hydrogens is 256 g/mol. The quantitative estimate of drug-likeness (QED) is 0.450. The van der Waals surface area contributed by atoms with Gasteiger partial charge >= 0.3 is 17.9 Å². The summed E-state index contributed by atoms with van der Waals surface area (Å²) in [6.45, 7) is 11.0. The number of carboxylic acids is 1. The van der Waals surface area contributed by atoms with Gasteiger partial charge in [0.1, 0.15) is 0 Å². The number of rotatable bonds is 4. The first kappa shape index (κ1) is 21.7. The highest BCUT2D eigenvalue weighted by Crippen LogP contribution is 1.85. The van der Waals surface area contributed by atoms with Gasteiger partial charge in [0, 0.05) is 12.2 Å². The van der Waals surface area contributed by atoms with E-state index in [-0.39, 0.29) is 6.61 Å². The molecule has 0 unspecified atom stereocenters. The van der Waals surface area contributed by atoms with Gasteiger partial charge < -0.3 is 19.7 Å². The Morgan fingerprint density at radius 3 is 1.63 bits per heavy atom. The van der Waals surface area contributed by atoms with Crippen LogP contribution in [-0.4, -0.2) is 41.8 Å². The minimum absolute atomic E-state index is 0.262. The van der Waals surface area contributed by atoms with Gasteiger partial charge in [-0.25, -0.2) is 14.4 Å². The fraction of sp³-hybridized carbons (Fsp3) is 0.250. The minimum atomic E-state index is -0.981. The lowest BCUT2D eigenvalue weighted by molar-refractivity contribution is -0.141. The van der Waals surface area contributed by atoms with Crippen molar-refractivity contribution in [2.45, 2.75) is 6.92 Å². The molecule has 0 rings (SSSR count). The van der Waals surface area contributed by atoms with Crippen LogP contribution in [0.15, 0.2) is 37.6 Å². The van der Waals surface area contributed by atoms with Crippen molar-refractivity contribution >= 4 is 17.9 Å². The summed E-state index contributed by atoms with van der Waals surface area (Å²) >= 11 is 0. The second-order valence-electron chi connectivity index (χ2n) is 2.44. The Kier molecular flexibility index (Phi) is 17.6. The molecule has 0 bridgehead atoms. The van der Waals surface area contributed by atoms with Gasteiger partial charge in [0.25, 0.3) is 0 Å². The first-order chi connectivity index (χ1) is 8.76. The van der Waals surface area contributed by atoms with Crippen LogP contribution in [0.4, 0.5) is 0 Å². The SMILES string of the molecule is C=C(O)C(=O)OCC.C=CC(=O)O.C=CC(=O)OC. The van der Waals surface area contributed by atoms with Crippen molar-refractivity contribution in [2.75, 3.05) is 13.7 Å². The van der Waals surface area contributed by atoms with Gasteiger partial charge in [-0.2, -0.15) is 0 Å². The van der Waals surface area contributed by atoms with E-state index >= 15 is 0 Å². The van der Waals surface area contributed by atoms with Crippen molar-refractivity contribution in [2.24, 2.45) is 0 Å². The number of carbonyl (C=O) groups is 3. The second-order valence-corrected chi connectivity index (χ2v) is 2.44. The molecule has 0 aromatic heterocycles. The van der Waals surface area contributed by atoms with Crippen LogP contribution in [0.2, 0.25) is 0 Å². The van der Waals surface area contributed by atoms with Crippen LogP contribution in [-0.2, 0) is 23.9 Å². The number of aliphatic carboxylic acids is 1. The second kappa shape index (κ2) is 15.4. The Labute approximate surface area is 111 Å². The average Bonchev–Trinajstić information content (AvgIpc) is 2.39. The van der Waals surface area contributed by atoms with Crippen LogP contribution in [0.3, 0.4) is 0 Å². The fourth-order valence-electron chi connectivity index (χ4n) is 0.298. The number of ether oxygens (including phenoxy) is 2. The van der Waals surface area contributed by atoms with Crippen molar-refractivity contribution in [3.8, 4) is 0 Å². The van der Waals surface area contributed by atoms with Crippen LogP contribution in [0.25, 0.3) is 0 Å². The molecule has 7 nitrogen and oxygen atoms in total. The summed E-state index contributed by atoms with van der Waals surface area (Å²) in [6, 6.07) is 0. The topological polar surface area (TPSA) is 110 Å². The highest BCUT2D eigenvalue weighted by Gasteiger charge is 2.01. The summed E-state index contributed by atoms with van der Waals surface area (Å²) in [4.78, 5) is 29.3. The van der Waals surface area contributed by atoms with Gasteiger partial charge in [-0.05, 0) is 13.5 Å². The maximum atomic E-state index is 10.2. The highest BCUT2D eigenvalue weighted by molar-refractivity contribution is 5.84. The third-order valence-electron chi connectivity index (χ3n) is 1.05. The van der Waals surface area contributed by atoms with Gasteiger partial charge in [-0.3, -0.25) is 0 Å². The van der Waals surface area contributed by atoms with Gasteiger partial charge in [0.05, 0.1) is 13.7 Å². The third-order valence-corrected chi connectivity index (χ3v) is 1.05. The van der Waals surface area contributed by atoms with Crippen molar-refractivity contribution in [3.63, 3.8) is 0 Å². The Morgan fingerprint density at radius 1 is 1.16 bits per heavy atom. The van der Waals surface area contributed by atoms with E-state index in [0.717, 1.165) is 12.2 Å². The largest absolute Gasteiger partial charge is 0.502 e. The Morgan fingerprint density at radius 2 is 1.58 bits per heavy atom. The molecule has 0 aromatic carbocycles. The van der Waals surface area contributed by atoms with Crippen LogP contribution in [0.1, 0.15) is 6.92 Å².